The molecule has 3 rings (SSSR count). The highest BCUT2D eigenvalue weighted by Crippen LogP contribution is 2.44. The van der Waals surface area contributed by atoms with Crippen molar-refractivity contribution in [3.05, 3.63) is 47.0 Å². The van der Waals surface area contributed by atoms with Crippen LogP contribution in [0.15, 0.2) is 36.4 Å². The van der Waals surface area contributed by atoms with E-state index >= 15 is 0 Å². The average Bonchev–Trinajstić information content (AvgIpc) is 2.63. The number of halogens is 1. The lowest BCUT2D eigenvalue weighted by Gasteiger charge is -2.37. The summed E-state index contributed by atoms with van der Waals surface area (Å²) in [4.78, 5) is 0. The molecule has 0 N–H and O–H groups in total. The highest BCUT2D eigenvalue weighted by Gasteiger charge is 2.30. The zero-order chi connectivity index (χ0) is 16.8. The van der Waals surface area contributed by atoms with Gasteiger partial charge in [-0.05, 0) is 99.2 Å². The molecule has 0 aromatic heterocycles. The molecular formula is C23H33Cl. The number of allylic oxidation sites excluding steroid dienone is 2. The first-order valence-electron chi connectivity index (χ1n) is 10.2. The van der Waals surface area contributed by atoms with Crippen LogP contribution in [0.5, 0.6) is 0 Å². The van der Waals surface area contributed by atoms with E-state index in [2.05, 4.69) is 43.3 Å². The van der Waals surface area contributed by atoms with E-state index in [9.17, 15) is 0 Å². The summed E-state index contributed by atoms with van der Waals surface area (Å²) in [6, 6.07) is 8.58. The van der Waals surface area contributed by atoms with E-state index in [-0.39, 0.29) is 0 Å². The van der Waals surface area contributed by atoms with Crippen LogP contribution in [-0.2, 0) is 0 Å². The Kier molecular flexibility index (Phi) is 6.84. The second-order valence-electron chi connectivity index (χ2n) is 8.05. The van der Waals surface area contributed by atoms with E-state index in [1.54, 1.807) is 0 Å². The third-order valence-corrected chi connectivity index (χ3v) is 6.71. The van der Waals surface area contributed by atoms with Crippen molar-refractivity contribution in [3.63, 3.8) is 0 Å². The highest BCUT2D eigenvalue weighted by molar-refractivity contribution is 6.30. The van der Waals surface area contributed by atoms with Gasteiger partial charge in [0.1, 0.15) is 0 Å². The summed E-state index contributed by atoms with van der Waals surface area (Å²) in [5, 5.41) is 0.859. The Bertz CT molecular complexity index is 499. The molecule has 1 aromatic carbocycles. The summed E-state index contributed by atoms with van der Waals surface area (Å²) in [6.07, 6.45) is 18.9. The maximum atomic E-state index is 6.02. The molecule has 0 saturated heterocycles. The summed E-state index contributed by atoms with van der Waals surface area (Å²) in [5.41, 5.74) is 1.50. The van der Waals surface area contributed by atoms with Crippen LogP contribution in [0.3, 0.4) is 0 Å². The van der Waals surface area contributed by atoms with Gasteiger partial charge in [-0.1, -0.05) is 49.2 Å². The Labute approximate surface area is 153 Å². The van der Waals surface area contributed by atoms with Gasteiger partial charge in [0.05, 0.1) is 0 Å². The summed E-state index contributed by atoms with van der Waals surface area (Å²) in [7, 11) is 0. The van der Waals surface area contributed by atoms with Gasteiger partial charge < -0.3 is 0 Å². The first kappa shape index (κ1) is 18.1. The van der Waals surface area contributed by atoms with Gasteiger partial charge in [-0.2, -0.15) is 0 Å². The van der Waals surface area contributed by atoms with Crippen LogP contribution in [0, 0.1) is 17.8 Å². The quantitative estimate of drug-likeness (QED) is 0.478. The molecule has 0 bridgehead atoms. The molecule has 0 unspecified atom stereocenters. The normalized spacial score (nSPS) is 31.4. The van der Waals surface area contributed by atoms with Crippen molar-refractivity contribution in [1.29, 1.82) is 0 Å². The Morgan fingerprint density at radius 3 is 2.04 bits per heavy atom. The van der Waals surface area contributed by atoms with E-state index in [0.717, 1.165) is 28.7 Å². The van der Waals surface area contributed by atoms with Crippen LogP contribution in [-0.4, -0.2) is 0 Å². The molecule has 2 aliphatic rings. The number of rotatable bonds is 5. The van der Waals surface area contributed by atoms with Gasteiger partial charge in [0.25, 0.3) is 0 Å². The SMILES string of the molecule is CCC/C=C/C1CCC(C2CCC(c3ccc(Cl)cc3)CC2)CC1. The number of hydrogen-bond acceptors (Lipinski definition) is 0. The average molecular weight is 345 g/mol. The second kappa shape index (κ2) is 9.09. The summed E-state index contributed by atoms with van der Waals surface area (Å²) in [5.74, 6) is 3.64. The molecule has 0 heterocycles. The third kappa shape index (κ3) is 4.88. The minimum absolute atomic E-state index is 0.770. The Balaban J connectivity index is 1.43. The van der Waals surface area contributed by atoms with E-state index in [0.29, 0.717) is 0 Å². The molecule has 0 spiro atoms. The minimum Gasteiger partial charge on any atom is -0.0883 e. The molecule has 2 saturated carbocycles. The van der Waals surface area contributed by atoms with Gasteiger partial charge in [0.2, 0.25) is 0 Å². The smallest absolute Gasteiger partial charge is 0.0406 e. The highest BCUT2D eigenvalue weighted by atomic mass is 35.5. The fourth-order valence-corrected chi connectivity index (χ4v) is 5.05. The monoisotopic (exact) mass is 344 g/mol. The van der Waals surface area contributed by atoms with Crippen LogP contribution in [0.2, 0.25) is 5.02 Å². The number of hydrogen-bond donors (Lipinski definition) is 0. The van der Waals surface area contributed by atoms with Crippen LogP contribution in [0.4, 0.5) is 0 Å². The number of benzene rings is 1. The van der Waals surface area contributed by atoms with Gasteiger partial charge in [0, 0.05) is 5.02 Å². The lowest BCUT2D eigenvalue weighted by Crippen LogP contribution is -2.25. The van der Waals surface area contributed by atoms with Crippen LogP contribution < -0.4 is 0 Å². The van der Waals surface area contributed by atoms with Gasteiger partial charge in [0.15, 0.2) is 0 Å². The fraction of sp³-hybridized carbons (Fsp3) is 0.652. The maximum Gasteiger partial charge on any atom is 0.0406 e. The predicted molar refractivity (Wildman–Crippen MR) is 106 cm³/mol. The van der Waals surface area contributed by atoms with Crippen LogP contribution in [0.25, 0.3) is 0 Å². The summed E-state index contributed by atoms with van der Waals surface area (Å²) >= 11 is 6.02. The van der Waals surface area contributed by atoms with Crippen molar-refractivity contribution in [2.24, 2.45) is 17.8 Å². The summed E-state index contributed by atoms with van der Waals surface area (Å²) in [6.45, 7) is 2.27. The fourth-order valence-electron chi connectivity index (χ4n) is 4.92. The van der Waals surface area contributed by atoms with E-state index in [1.807, 2.05) is 0 Å². The molecule has 132 valence electrons. The predicted octanol–water partition coefficient (Wildman–Crippen LogP) is 7.78. The first-order chi connectivity index (χ1) is 11.8. The molecule has 0 aliphatic heterocycles. The van der Waals surface area contributed by atoms with E-state index in [4.69, 9.17) is 11.6 Å². The largest absolute Gasteiger partial charge is 0.0883 e. The standard InChI is InChI=1S/C23H33Cl/c1-2-3-4-5-18-6-8-19(9-7-18)20-10-12-21(13-11-20)22-14-16-23(24)17-15-22/h4-5,14-21H,2-3,6-13H2,1H3/b5-4+. The van der Waals surface area contributed by atoms with Gasteiger partial charge in [-0.25, -0.2) is 0 Å². The molecule has 0 atom stereocenters. The maximum absolute atomic E-state index is 6.02. The van der Waals surface area contributed by atoms with Gasteiger partial charge in [-0.3, -0.25) is 0 Å². The topological polar surface area (TPSA) is 0 Å². The van der Waals surface area contributed by atoms with Crippen molar-refractivity contribution in [2.75, 3.05) is 0 Å². The molecule has 1 aromatic rings. The molecule has 0 nitrogen and oxygen atoms in total. The summed E-state index contributed by atoms with van der Waals surface area (Å²) < 4.78 is 0. The minimum atomic E-state index is 0.770. The lowest BCUT2D eigenvalue weighted by molar-refractivity contribution is 0.171. The first-order valence-corrected chi connectivity index (χ1v) is 10.6. The van der Waals surface area contributed by atoms with Crippen molar-refractivity contribution in [1.82, 2.24) is 0 Å². The molecule has 2 fully saturated rings. The second-order valence-corrected chi connectivity index (χ2v) is 8.49. The Morgan fingerprint density at radius 1 is 0.875 bits per heavy atom. The van der Waals surface area contributed by atoms with Crippen molar-refractivity contribution in [2.45, 2.75) is 77.0 Å². The molecule has 2 aliphatic carbocycles. The Hall–Kier alpha value is -0.750. The van der Waals surface area contributed by atoms with Crippen molar-refractivity contribution >= 4 is 11.6 Å². The molecule has 0 amide bonds. The zero-order valence-corrected chi connectivity index (χ0v) is 16.0. The van der Waals surface area contributed by atoms with E-state index in [1.165, 1.54) is 69.8 Å². The lowest BCUT2D eigenvalue weighted by atomic mass is 9.68. The third-order valence-electron chi connectivity index (χ3n) is 6.46. The van der Waals surface area contributed by atoms with Gasteiger partial charge in [-0.15, -0.1) is 0 Å². The molecule has 24 heavy (non-hydrogen) atoms. The molecule has 0 radical (unpaired) electrons. The zero-order valence-electron chi connectivity index (χ0n) is 15.2. The van der Waals surface area contributed by atoms with Crippen LogP contribution >= 0.6 is 11.6 Å². The molecule has 1 heteroatoms. The Morgan fingerprint density at radius 2 is 1.46 bits per heavy atom. The van der Waals surface area contributed by atoms with E-state index < -0.39 is 0 Å². The molecular weight excluding hydrogens is 312 g/mol. The van der Waals surface area contributed by atoms with Crippen molar-refractivity contribution in [3.8, 4) is 0 Å². The number of unbranched alkanes of at least 4 members (excludes halogenated alkanes) is 1. The van der Waals surface area contributed by atoms with Gasteiger partial charge >= 0.3 is 0 Å². The van der Waals surface area contributed by atoms with Crippen molar-refractivity contribution < 1.29 is 0 Å². The van der Waals surface area contributed by atoms with Crippen LogP contribution in [0.1, 0.15) is 82.6 Å².